The van der Waals surface area contributed by atoms with Crippen LogP contribution >= 0.6 is 45.9 Å². The predicted molar refractivity (Wildman–Crippen MR) is 403 cm³/mol. The number of carbonyl (C=O) groups excluding carboxylic acids is 6. The molecule has 4 atom stereocenters. The summed E-state index contributed by atoms with van der Waals surface area (Å²) >= 11 is 16.6. The molecule has 23 nitrogen and oxygen atoms in total. The molecule has 6 aromatic rings. The van der Waals surface area contributed by atoms with E-state index in [1.54, 1.807) is 28.0 Å². The Morgan fingerprint density at radius 1 is 0.573 bits per heavy atom. The molecule has 5 heterocycles. The normalized spacial score (nSPS) is 20.6. The number of piperazine rings is 2. The van der Waals surface area contributed by atoms with Gasteiger partial charge in [-0.2, -0.15) is 0 Å². The lowest BCUT2D eigenvalue weighted by Crippen LogP contribution is -2.64. The van der Waals surface area contributed by atoms with E-state index in [1.807, 2.05) is 71.4 Å². The van der Waals surface area contributed by atoms with Crippen LogP contribution in [0.5, 0.6) is 11.5 Å². The van der Waals surface area contributed by atoms with Crippen LogP contribution in [0.15, 0.2) is 114 Å². The fourth-order valence-corrected chi connectivity index (χ4v) is 17.8. The SMILES string of the molecule is CS(=O)(=O)NCCCC[C@@H](NC1CCCCC1)C(=O)N1CCN(C(=O)Oc2ccc(-c3ccc(CN4CCC5(CCC(N[C@H](CCCCNS(C)(=O)=O)C(=O)N6CCN(C(=O)Oc7ccc8ccccc8c7Cl)C[C@H]6C(=O)NCc6cccs6)CC5)C4)cc3)cc2Cl)C[C@H]1C(=O)NCc1cccs1. The quantitative estimate of drug-likeness (QED) is 0.0238. The van der Waals surface area contributed by atoms with Crippen molar-refractivity contribution in [3.8, 4) is 22.6 Å². The van der Waals surface area contributed by atoms with Crippen LogP contribution in [0.1, 0.15) is 118 Å². The Morgan fingerprint density at radius 3 is 1.63 bits per heavy atom. The number of unbranched alkanes of at least 4 members (excludes halogenated alkanes) is 2. The first-order valence-corrected chi connectivity index (χ1v) is 42.2. The van der Waals surface area contributed by atoms with Gasteiger partial charge in [-0.25, -0.2) is 35.9 Å². The van der Waals surface area contributed by atoms with Crippen molar-refractivity contribution in [2.45, 2.75) is 159 Å². The molecule has 0 bridgehead atoms. The number of thiophene rings is 2. The molecule has 0 unspecified atom stereocenters. The minimum absolute atomic E-state index is 0.0179. The highest BCUT2D eigenvalue weighted by Gasteiger charge is 2.45. The van der Waals surface area contributed by atoms with Crippen LogP contribution in [0.4, 0.5) is 9.59 Å². The molecule has 2 saturated carbocycles. The molecule has 3 aliphatic heterocycles. The van der Waals surface area contributed by atoms with Gasteiger partial charge < -0.3 is 50.3 Å². The van der Waals surface area contributed by atoms with Gasteiger partial charge in [0.15, 0.2) is 11.5 Å². The van der Waals surface area contributed by atoms with E-state index in [9.17, 15) is 40.8 Å². The fourth-order valence-electron chi connectivity index (χ4n) is 14.9. The number of benzene rings is 4. The van der Waals surface area contributed by atoms with Crippen molar-refractivity contribution >= 4 is 113 Å². The van der Waals surface area contributed by atoms with Crippen molar-refractivity contribution in [1.82, 2.24) is 55.2 Å². The van der Waals surface area contributed by atoms with E-state index in [2.05, 4.69) is 59.9 Å². The van der Waals surface area contributed by atoms with E-state index in [0.717, 1.165) is 134 Å². The zero-order valence-electron chi connectivity index (χ0n) is 58.5. The maximum absolute atomic E-state index is 15.1. The number of nitrogens with zero attached hydrogens (tertiary/aromatic N) is 5. The summed E-state index contributed by atoms with van der Waals surface area (Å²) in [5.41, 5.74) is 3.01. The third-order valence-electron chi connectivity index (χ3n) is 20.5. The molecule has 2 aromatic heterocycles. The Labute approximate surface area is 622 Å². The van der Waals surface area contributed by atoms with Crippen molar-refractivity contribution in [1.29, 1.82) is 0 Å². The number of hydrogen-bond acceptors (Lipinski definition) is 17. The molecule has 103 heavy (non-hydrogen) atoms. The van der Waals surface area contributed by atoms with Crippen molar-refractivity contribution in [2.75, 3.05) is 78.0 Å². The van der Waals surface area contributed by atoms with Gasteiger partial charge in [0.2, 0.25) is 43.7 Å². The van der Waals surface area contributed by atoms with E-state index >= 15 is 4.79 Å². The average molecular weight is 1530 g/mol. The zero-order valence-corrected chi connectivity index (χ0v) is 63.2. The van der Waals surface area contributed by atoms with Gasteiger partial charge in [-0.3, -0.25) is 24.1 Å². The van der Waals surface area contributed by atoms with Crippen molar-refractivity contribution in [2.24, 2.45) is 5.41 Å². The smallest absolute Gasteiger partial charge is 0.409 e. The van der Waals surface area contributed by atoms with E-state index in [0.29, 0.717) is 43.5 Å². The second kappa shape index (κ2) is 36.0. The summed E-state index contributed by atoms with van der Waals surface area (Å²) < 4.78 is 64.3. The number of carbonyl (C=O) groups is 6. The summed E-state index contributed by atoms with van der Waals surface area (Å²) in [6, 6.07) is 29.1. The summed E-state index contributed by atoms with van der Waals surface area (Å²) in [4.78, 5) is 96.7. The monoisotopic (exact) mass is 1530 g/mol. The van der Waals surface area contributed by atoms with Crippen LogP contribution < -0.4 is 40.2 Å². The molecule has 0 radical (unpaired) electrons. The first kappa shape index (κ1) is 77.3. The molecular formula is C74H95Cl2N11O12S4. The molecule has 556 valence electrons. The molecule has 6 N–H and O–H groups in total. The lowest BCUT2D eigenvalue weighted by molar-refractivity contribution is -0.145. The number of halogens is 2. The lowest BCUT2D eigenvalue weighted by Gasteiger charge is -2.43. The largest absolute Gasteiger partial charge is 0.415 e. The average Bonchev–Trinajstić information content (AvgIpc) is 1.62. The van der Waals surface area contributed by atoms with Crippen LogP contribution in [0.2, 0.25) is 10.0 Å². The third kappa shape index (κ3) is 21.7. The van der Waals surface area contributed by atoms with Gasteiger partial charge >= 0.3 is 12.2 Å². The summed E-state index contributed by atoms with van der Waals surface area (Å²) in [6.45, 7) is 3.82. The Balaban J connectivity index is 0.685. The Bertz CT molecular complexity index is 4130. The maximum atomic E-state index is 15.1. The second-order valence-electron chi connectivity index (χ2n) is 28.1. The molecule has 29 heteroatoms. The first-order chi connectivity index (χ1) is 49.5. The number of hydrogen-bond donors (Lipinski definition) is 6. The fraction of sp³-hybridized carbons (Fsp3) is 0.514. The number of sulfonamides is 2. The highest BCUT2D eigenvalue weighted by atomic mass is 35.5. The molecule has 1 spiro atoms. The van der Waals surface area contributed by atoms with Crippen LogP contribution in [0, 0.1) is 5.41 Å². The minimum atomic E-state index is -3.41. The van der Waals surface area contributed by atoms with Gasteiger partial charge in [-0.05, 0) is 146 Å². The summed E-state index contributed by atoms with van der Waals surface area (Å²) in [7, 11) is -6.77. The van der Waals surface area contributed by atoms with Crippen LogP contribution in [0.3, 0.4) is 0 Å². The molecule has 3 saturated heterocycles. The number of ether oxygens (including phenoxy) is 2. The van der Waals surface area contributed by atoms with E-state index < -0.39 is 68.2 Å². The summed E-state index contributed by atoms with van der Waals surface area (Å²) in [5, 5.41) is 19.4. The van der Waals surface area contributed by atoms with Gasteiger partial charge in [0.25, 0.3) is 0 Å². The molecule has 6 amide bonds. The molecule has 4 aromatic carbocycles. The minimum Gasteiger partial charge on any atom is -0.409 e. The first-order valence-electron chi connectivity index (χ1n) is 35.9. The third-order valence-corrected chi connectivity index (χ3v) is 24.4. The van der Waals surface area contributed by atoms with Gasteiger partial charge in [0.1, 0.15) is 12.1 Å². The summed E-state index contributed by atoms with van der Waals surface area (Å²) in [6.07, 6.45) is 13.6. The van der Waals surface area contributed by atoms with Gasteiger partial charge in [-0.1, -0.05) is 128 Å². The molecular weight excluding hydrogens is 1430 g/mol. The van der Waals surface area contributed by atoms with E-state index in [-0.39, 0.29) is 111 Å². The van der Waals surface area contributed by atoms with Crippen molar-refractivity contribution < 1.29 is 55.1 Å². The van der Waals surface area contributed by atoms with Crippen molar-refractivity contribution in [3.63, 3.8) is 0 Å². The van der Waals surface area contributed by atoms with Crippen LogP contribution in [-0.4, -0.2) is 191 Å². The highest BCUT2D eigenvalue weighted by molar-refractivity contribution is 7.89. The van der Waals surface area contributed by atoms with Crippen molar-refractivity contribution in [3.05, 3.63) is 139 Å². The van der Waals surface area contributed by atoms with E-state index in [4.69, 9.17) is 32.7 Å². The number of rotatable bonds is 29. The highest BCUT2D eigenvalue weighted by Crippen LogP contribution is 2.45. The zero-order chi connectivity index (χ0) is 72.7. The van der Waals surface area contributed by atoms with Gasteiger partial charge in [0.05, 0.1) is 60.8 Å². The van der Waals surface area contributed by atoms with Gasteiger partial charge in [0, 0.05) is 79.6 Å². The molecule has 5 fully saturated rings. The Morgan fingerprint density at radius 2 is 1.10 bits per heavy atom. The number of nitrogens with one attached hydrogen (secondary N) is 6. The molecule has 5 aliphatic rings. The predicted octanol–water partition coefficient (Wildman–Crippen LogP) is 10.1. The number of likely N-dealkylation sites (tertiary alicyclic amines) is 1. The number of fused-ring (bicyclic) bond motifs is 1. The topological polar surface area (TPSA) is 278 Å². The molecule has 2 aliphatic carbocycles. The standard InChI is InChI=1S/C74H95Cl2N11O12S4/c1-102(94,95)79-35-10-8-20-61(81-55-15-4-3-5-16-55)70(90)86-40-38-84(48-63(86)68(88)77-45-57-17-12-42-100-57)72(92)98-65-28-27-54(44-60(65)75)52-24-22-51(23-25-52)47-83-37-34-74(50-83)32-30-56(31-33-74)82-62(21-9-11-36-80-103(2,96)97)71(91)87-41-39-85(49-64(87)69(89)78-46-58-18-13-43-101-58)73(93)99-66-29-26-53-14-6-7-19-59(53)67(66)76/h6-7,12-14,17-19,22-29,42-44,55-56,61-64,79-82H,3-5,8-11,15-16,20-21,30-41,45-50H2,1-2H3,(H,77,88)(H,78,89)/t56?,61-,62-,63+,64+,74?/m1/s1. The Hall–Kier alpha value is -6.76. The molecule has 11 rings (SSSR count). The van der Waals surface area contributed by atoms with Gasteiger partial charge in [-0.15, -0.1) is 22.7 Å². The lowest BCUT2D eigenvalue weighted by atomic mass is 9.72. The second-order valence-corrected chi connectivity index (χ2v) is 34.6. The maximum Gasteiger partial charge on any atom is 0.415 e. The van der Waals surface area contributed by atoms with Crippen LogP contribution in [-0.2, 0) is 58.9 Å². The van der Waals surface area contributed by atoms with E-state index in [1.165, 1.54) is 32.5 Å². The number of amides is 6. The Kier molecular flexibility index (Phi) is 27.0. The summed E-state index contributed by atoms with van der Waals surface area (Å²) in [5.74, 6) is -0.932. The van der Waals surface area contributed by atoms with Crippen LogP contribution in [0.25, 0.3) is 21.9 Å².